The van der Waals surface area contributed by atoms with Gasteiger partial charge in [0.15, 0.2) is 17.2 Å². The van der Waals surface area contributed by atoms with E-state index in [9.17, 15) is 35.9 Å². The van der Waals surface area contributed by atoms with Crippen molar-refractivity contribution in [3.05, 3.63) is 113 Å². The molecule has 0 N–H and O–H groups in total. The molecule has 4 aromatic rings. The third-order valence-electron chi connectivity index (χ3n) is 5.52. The molecule has 0 aliphatic rings. The van der Waals surface area contributed by atoms with E-state index in [4.69, 9.17) is 32.7 Å². The first-order chi connectivity index (χ1) is 21.0. The third kappa shape index (κ3) is 12.7. The largest absolute Gasteiger partial charge is 2.00 e. The topological polar surface area (TPSA) is 90.9 Å². The molecule has 2 aromatic heterocycles. The van der Waals surface area contributed by atoms with Crippen molar-refractivity contribution in [3.8, 4) is 23.3 Å². The Kier molecular flexibility index (Phi) is 17.9. The number of Topliss-reactive ketones (excluding diaryl/α,β-unsaturated/α-hetero) is 1. The number of ether oxygens (including phenoxy) is 2. The maximum atomic E-state index is 13.2. The Morgan fingerprint density at radius 2 is 1.04 bits per heavy atom. The summed E-state index contributed by atoms with van der Waals surface area (Å²) in [6, 6.07) is 16.5. The van der Waals surface area contributed by atoms with Gasteiger partial charge in [0.1, 0.15) is 11.5 Å². The quantitative estimate of drug-likeness (QED) is 0.0746. The minimum atomic E-state index is -4.83. The molecular weight excluding hydrogens is 771 g/mol. The zero-order valence-corrected chi connectivity index (χ0v) is 29.9. The van der Waals surface area contributed by atoms with Gasteiger partial charge in [-0.15, -0.1) is 0 Å². The molecule has 0 bridgehead atoms. The predicted molar refractivity (Wildman–Crippen MR) is 163 cm³/mol. The molecule has 0 saturated carbocycles. The molecule has 0 spiro atoms. The molecule has 0 atom stereocenters. The van der Waals surface area contributed by atoms with Gasteiger partial charge in [0.2, 0.25) is 11.8 Å². The van der Waals surface area contributed by atoms with Gasteiger partial charge < -0.3 is 33.9 Å². The van der Waals surface area contributed by atoms with Gasteiger partial charge in [-0.05, 0) is 67.6 Å². The summed E-state index contributed by atoms with van der Waals surface area (Å²) in [5, 5.41) is 1.60. The number of ketones is 1. The van der Waals surface area contributed by atoms with Crippen molar-refractivity contribution in [3.63, 3.8) is 0 Å². The van der Waals surface area contributed by atoms with Gasteiger partial charge in [0.25, 0.3) is 5.91 Å². The van der Waals surface area contributed by atoms with Crippen LogP contribution in [0.5, 0.6) is 23.3 Å². The number of alkyl halides is 6. The van der Waals surface area contributed by atoms with Crippen molar-refractivity contribution in [2.24, 2.45) is 0 Å². The molecule has 18 heteroatoms. The Balaban J connectivity index is 0.000000873. The zero-order chi connectivity index (χ0) is 33.5. The number of hydrogen-bond acceptors (Lipinski definition) is 7. The van der Waals surface area contributed by atoms with E-state index < -0.39 is 46.6 Å². The number of carbonyl (C=O) groups excluding carboxylic acids is 2. The van der Waals surface area contributed by atoms with Crippen LogP contribution in [0, 0.1) is 7.43 Å². The normalized spacial score (nSPS) is 10.6. The van der Waals surface area contributed by atoms with Gasteiger partial charge in [-0.25, -0.2) is 15.0 Å². The SMILES string of the molecule is CC(=O)c1ccc(Oc2ccc(Cl)cc2)nc1C(F)(F)F.CON(C)C(=O)c1ccc(Oc2ccc(Cl)cc2)nc1C(F)(F)F.[Br-].[CH3-].[Mg+2]. The number of carbonyl (C=O) groups is 2. The van der Waals surface area contributed by atoms with E-state index in [1.165, 1.54) is 67.7 Å². The molecule has 0 aliphatic carbocycles. The van der Waals surface area contributed by atoms with Gasteiger partial charge >= 0.3 is 35.4 Å². The summed E-state index contributed by atoms with van der Waals surface area (Å²) in [4.78, 5) is 34.6. The molecule has 0 fully saturated rings. The molecule has 2 aromatic carbocycles. The first-order valence-corrected chi connectivity index (χ1v) is 13.1. The second-order valence-electron chi connectivity index (χ2n) is 8.74. The fourth-order valence-corrected chi connectivity index (χ4v) is 3.64. The summed E-state index contributed by atoms with van der Waals surface area (Å²) in [5.74, 6) is -1.71. The number of hydroxylamine groups is 2. The van der Waals surface area contributed by atoms with E-state index in [1.54, 1.807) is 0 Å². The summed E-state index contributed by atoms with van der Waals surface area (Å²) in [7, 11) is 2.36. The van der Waals surface area contributed by atoms with Crippen molar-refractivity contribution >= 4 is 57.9 Å². The molecule has 2 heterocycles. The van der Waals surface area contributed by atoms with E-state index in [-0.39, 0.29) is 70.7 Å². The third-order valence-corrected chi connectivity index (χ3v) is 6.02. The van der Waals surface area contributed by atoms with Crippen LogP contribution in [0.2, 0.25) is 10.0 Å². The Bertz CT molecular complexity index is 1670. The Labute approximate surface area is 308 Å². The average Bonchev–Trinajstić information content (AvgIpc) is 2.98. The Morgan fingerprint density at radius 1 is 0.688 bits per heavy atom. The number of halogens is 9. The minimum Gasteiger partial charge on any atom is -1.00 e. The Hall–Kier alpha value is -3.15. The molecule has 48 heavy (non-hydrogen) atoms. The molecule has 0 aliphatic heterocycles. The number of pyridine rings is 2. The second kappa shape index (κ2) is 19.1. The van der Waals surface area contributed by atoms with Crippen LogP contribution in [0.4, 0.5) is 26.3 Å². The van der Waals surface area contributed by atoms with E-state index in [1.807, 2.05) is 0 Å². The van der Waals surface area contributed by atoms with E-state index in [2.05, 4.69) is 14.8 Å². The van der Waals surface area contributed by atoms with Crippen LogP contribution in [0.1, 0.15) is 39.0 Å². The summed E-state index contributed by atoms with van der Waals surface area (Å²) < 4.78 is 88.8. The number of amides is 1. The zero-order valence-electron chi connectivity index (χ0n) is 25.4. The molecule has 1 amide bonds. The van der Waals surface area contributed by atoms with Crippen molar-refractivity contribution < 1.29 is 67.2 Å². The number of benzene rings is 2. The second-order valence-corrected chi connectivity index (χ2v) is 9.61. The van der Waals surface area contributed by atoms with Crippen LogP contribution in [0.25, 0.3) is 0 Å². The van der Waals surface area contributed by atoms with E-state index in [0.717, 1.165) is 26.2 Å². The number of nitrogens with zero attached hydrogens (tertiary/aromatic N) is 3. The van der Waals surface area contributed by atoms with E-state index in [0.29, 0.717) is 15.1 Å². The fourth-order valence-electron chi connectivity index (χ4n) is 3.38. The van der Waals surface area contributed by atoms with Gasteiger partial charge in [-0.3, -0.25) is 14.4 Å². The van der Waals surface area contributed by atoms with Gasteiger partial charge in [-0.1, -0.05) is 23.2 Å². The monoisotopic (exact) mass is 793 g/mol. The average molecular weight is 796 g/mol. The smallest absolute Gasteiger partial charge is 1.00 e. The van der Waals surface area contributed by atoms with Gasteiger partial charge in [-0.2, -0.15) is 26.3 Å². The first-order valence-electron chi connectivity index (χ1n) is 12.4. The van der Waals surface area contributed by atoms with Crippen LogP contribution < -0.4 is 26.5 Å². The molecular formula is C30H24BrCl2F6MgN3O5. The number of hydrogen-bond donors (Lipinski definition) is 0. The molecule has 0 radical (unpaired) electrons. The molecule has 8 nitrogen and oxygen atoms in total. The Morgan fingerprint density at radius 3 is 1.38 bits per heavy atom. The van der Waals surface area contributed by atoms with Crippen LogP contribution in [-0.2, 0) is 17.2 Å². The van der Waals surface area contributed by atoms with Crippen molar-refractivity contribution in [1.82, 2.24) is 15.0 Å². The first kappa shape index (κ1) is 44.8. The summed E-state index contributed by atoms with van der Waals surface area (Å²) in [6.07, 6.45) is -9.57. The van der Waals surface area contributed by atoms with E-state index >= 15 is 0 Å². The fraction of sp³-hybridized carbons (Fsp3) is 0.167. The van der Waals surface area contributed by atoms with Crippen LogP contribution in [-0.4, -0.2) is 63.9 Å². The molecule has 4 rings (SSSR count). The van der Waals surface area contributed by atoms with Crippen molar-refractivity contribution in [2.75, 3.05) is 14.2 Å². The molecule has 254 valence electrons. The number of rotatable bonds is 7. The van der Waals surface area contributed by atoms with Crippen molar-refractivity contribution in [2.45, 2.75) is 19.3 Å². The van der Waals surface area contributed by atoms with Crippen LogP contribution >= 0.6 is 23.2 Å². The summed E-state index contributed by atoms with van der Waals surface area (Å²) in [5.41, 5.74) is -3.76. The van der Waals surface area contributed by atoms with Crippen molar-refractivity contribution in [1.29, 1.82) is 0 Å². The van der Waals surface area contributed by atoms with Gasteiger partial charge in [0.05, 0.1) is 12.7 Å². The standard InChI is InChI=1S/C15H12ClF3N2O3.C14H9ClF3NO2.CH3.BrH.Mg/c1-21(23-2)14(22)11-7-8-12(20-13(11)15(17,18)19)24-10-5-3-9(16)4-6-10;1-8(20)11-6-7-12(19-13(11)14(16,17)18)21-10-4-2-9(15)3-5-10;;;/h3-8H,1-2H3;2-7H,1H3;1H3;1H;/q;;-1;;+2/p-1. The maximum absolute atomic E-state index is 13.2. The van der Waals surface area contributed by atoms with Crippen LogP contribution in [0.3, 0.4) is 0 Å². The predicted octanol–water partition coefficient (Wildman–Crippen LogP) is 6.00. The van der Waals surface area contributed by atoms with Crippen LogP contribution in [0.15, 0.2) is 72.8 Å². The summed E-state index contributed by atoms with van der Waals surface area (Å²) in [6.45, 7) is 1.05. The molecule has 0 saturated heterocycles. The summed E-state index contributed by atoms with van der Waals surface area (Å²) >= 11 is 11.4. The number of aromatic nitrogens is 2. The minimum absolute atomic E-state index is 0. The van der Waals surface area contributed by atoms with Gasteiger partial charge in [0, 0.05) is 34.8 Å². The maximum Gasteiger partial charge on any atom is 2.00 e. The molecule has 0 unspecified atom stereocenters.